The summed E-state index contributed by atoms with van der Waals surface area (Å²) in [7, 11) is 0. The summed E-state index contributed by atoms with van der Waals surface area (Å²) in [5.41, 5.74) is 6.88. The van der Waals surface area contributed by atoms with E-state index in [9.17, 15) is 13.2 Å². The van der Waals surface area contributed by atoms with Gasteiger partial charge in [0, 0.05) is 11.3 Å². The number of H-pyrrole nitrogens is 1. The standard InChI is InChI=1S/C10H8F3N3/c11-10(12,13)9-15-5-8(16-9)6-2-1-3-7(14)4-6/h1-5H,14H2,(H,15,16). The van der Waals surface area contributed by atoms with E-state index in [4.69, 9.17) is 5.73 Å². The monoisotopic (exact) mass is 227 g/mol. The molecule has 0 aliphatic heterocycles. The van der Waals surface area contributed by atoms with E-state index in [0.717, 1.165) is 6.20 Å². The SMILES string of the molecule is Nc1cccc(-c2cnc(C(F)(F)F)[nH]2)c1. The number of imidazole rings is 1. The van der Waals surface area contributed by atoms with E-state index in [1.54, 1.807) is 24.3 Å². The number of aromatic amines is 1. The molecule has 0 aliphatic rings. The van der Waals surface area contributed by atoms with Crippen LogP contribution in [0.15, 0.2) is 30.5 Å². The Morgan fingerprint density at radius 1 is 1.25 bits per heavy atom. The minimum Gasteiger partial charge on any atom is -0.399 e. The number of nitrogens with zero attached hydrogens (tertiary/aromatic N) is 1. The topological polar surface area (TPSA) is 54.7 Å². The van der Waals surface area contributed by atoms with Crippen LogP contribution in [0.4, 0.5) is 18.9 Å². The number of benzene rings is 1. The highest BCUT2D eigenvalue weighted by Crippen LogP contribution is 2.28. The average molecular weight is 227 g/mol. The number of hydrogen-bond donors (Lipinski definition) is 2. The molecule has 0 bridgehead atoms. The summed E-state index contributed by atoms with van der Waals surface area (Å²) in [4.78, 5) is 5.48. The van der Waals surface area contributed by atoms with Gasteiger partial charge in [-0.3, -0.25) is 0 Å². The van der Waals surface area contributed by atoms with E-state index in [2.05, 4.69) is 9.97 Å². The van der Waals surface area contributed by atoms with Gasteiger partial charge in [0.05, 0.1) is 11.9 Å². The van der Waals surface area contributed by atoms with Gasteiger partial charge in [0.2, 0.25) is 5.82 Å². The van der Waals surface area contributed by atoms with Crippen LogP contribution in [0.3, 0.4) is 0 Å². The van der Waals surface area contributed by atoms with Crippen molar-refractivity contribution in [1.29, 1.82) is 0 Å². The van der Waals surface area contributed by atoms with Gasteiger partial charge >= 0.3 is 6.18 Å². The molecule has 0 aliphatic carbocycles. The lowest BCUT2D eigenvalue weighted by atomic mass is 10.1. The second kappa shape index (κ2) is 3.55. The highest BCUT2D eigenvalue weighted by molar-refractivity contribution is 5.63. The highest BCUT2D eigenvalue weighted by Gasteiger charge is 2.34. The van der Waals surface area contributed by atoms with Gasteiger partial charge < -0.3 is 10.7 Å². The number of nitrogen functional groups attached to an aromatic ring is 1. The molecule has 84 valence electrons. The molecule has 0 saturated carbocycles. The number of nitrogens with two attached hydrogens (primary N) is 1. The minimum atomic E-state index is -4.46. The number of anilines is 1. The third kappa shape index (κ3) is 2.00. The van der Waals surface area contributed by atoms with Gasteiger partial charge in [-0.25, -0.2) is 4.98 Å². The highest BCUT2D eigenvalue weighted by atomic mass is 19.4. The van der Waals surface area contributed by atoms with Crippen LogP contribution in [0.2, 0.25) is 0 Å². The lowest BCUT2D eigenvalue weighted by Gasteiger charge is -2.01. The maximum Gasteiger partial charge on any atom is 0.449 e. The first-order chi connectivity index (χ1) is 7.47. The molecule has 3 N–H and O–H groups in total. The van der Waals surface area contributed by atoms with Gasteiger partial charge in [0.25, 0.3) is 0 Å². The molecule has 1 heterocycles. The van der Waals surface area contributed by atoms with Crippen LogP contribution < -0.4 is 5.73 Å². The van der Waals surface area contributed by atoms with Crippen LogP contribution in [0, 0.1) is 0 Å². The predicted octanol–water partition coefficient (Wildman–Crippen LogP) is 2.68. The van der Waals surface area contributed by atoms with Crippen molar-refractivity contribution < 1.29 is 13.2 Å². The third-order valence-electron chi connectivity index (χ3n) is 2.04. The Morgan fingerprint density at radius 3 is 2.56 bits per heavy atom. The van der Waals surface area contributed by atoms with Gasteiger partial charge in [-0.2, -0.15) is 13.2 Å². The fraction of sp³-hybridized carbons (Fsp3) is 0.100. The molecule has 0 radical (unpaired) electrons. The largest absolute Gasteiger partial charge is 0.449 e. The van der Waals surface area contributed by atoms with E-state index >= 15 is 0 Å². The fourth-order valence-corrected chi connectivity index (χ4v) is 1.32. The molecular weight excluding hydrogens is 219 g/mol. The number of halogens is 3. The van der Waals surface area contributed by atoms with Gasteiger partial charge in [-0.1, -0.05) is 12.1 Å². The van der Waals surface area contributed by atoms with E-state index in [1.807, 2.05) is 0 Å². The smallest absolute Gasteiger partial charge is 0.399 e. The lowest BCUT2D eigenvalue weighted by molar-refractivity contribution is -0.144. The molecule has 0 amide bonds. The summed E-state index contributed by atoms with van der Waals surface area (Å²) in [6.07, 6.45) is -3.32. The Balaban J connectivity index is 2.39. The quantitative estimate of drug-likeness (QED) is 0.736. The van der Waals surface area contributed by atoms with Gasteiger partial charge in [0.15, 0.2) is 0 Å². The van der Waals surface area contributed by atoms with E-state index < -0.39 is 12.0 Å². The van der Waals surface area contributed by atoms with Crippen molar-refractivity contribution in [3.05, 3.63) is 36.3 Å². The molecule has 16 heavy (non-hydrogen) atoms. The number of aromatic nitrogens is 2. The second-order valence-electron chi connectivity index (χ2n) is 3.27. The van der Waals surface area contributed by atoms with Crippen LogP contribution in [0.1, 0.15) is 5.82 Å². The summed E-state index contributed by atoms with van der Waals surface area (Å²) < 4.78 is 36.8. The van der Waals surface area contributed by atoms with Crippen molar-refractivity contribution >= 4 is 5.69 Å². The Labute approximate surface area is 89.1 Å². The third-order valence-corrected chi connectivity index (χ3v) is 2.04. The van der Waals surface area contributed by atoms with Crippen LogP contribution in [-0.2, 0) is 6.18 Å². The zero-order chi connectivity index (χ0) is 11.8. The molecule has 6 heteroatoms. The van der Waals surface area contributed by atoms with Crippen LogP contribution in [0.5, 0.6) is 0 Å². The van der Waals surface area contributed by atoms with Crippen molar-refractivity contribution in [1.82, 2.24) is 9.97 Å². The molecule has 2 aromatic rings. The predicted molar refractivity (Wildman–Crippen MR) is 53.4 cm³/mol. The van der Waals surface area contributed by atoms with Gasteiger partial charge in [-0.05, 0) is 12.1 Å². The zero-order valence-corrected chi connectivity index (χ0v) is 8.05. The van der Waals surface area contributed by atoms with Gasteiger partial charge in [0.1, 0.15) is 0 Å². The minimum absolute atomic E-state index is 0.291. The summed E-state index contributed by atoms with van der Waals surface area (Å²) >= 11 is 0. The molecule has 1 aromatic heterocycles. The summed E-state index contributed by atoms with van der Waals surface area (Å²) in [6.45, 7) is 0. The first kappa shape index (κ1) is 10.5. The average Bonchev–Trinajstić information content (AvgIpc) is 2.65. The normalized spacial score (nSPS) is 11.7. The molecule has 3 nitrogen and oxygen atoms in total. The number of rotatable bonds is 1. The molecule has 0 spiro atoms. The molecule has 0 fully saturated rings. The second-order valence-corrected chi connectivity index (χ2v) is 3.27. The Bertz CT molecular complexity index is 502. The molecule has 0 atom stereocenters. The number of nitrogens with one attached hydrogen (secondary N) is 1. The maximum absolute atomic E-state index is 12.3. The molecular formula is C10H8F3N3. The number of alkyl halides is 3. The molecule has 0 saturated heterocycles. The van der Waals surface area contributed by atoms with E-state index in [0.29, 0.717) is 16.9 Å². The first-order valence-corrected chi connectivity index (χ1v) is 4.45. The van der Waals surface area contributed by atoms with Crippen molar-refractivity contribution in [2.45, 2.75) is 6.18 Å². The van der Waals surface area contributed by atoms with Crippen LogP contribution >= 0.6 is 0 Å². The summed E-state index contributed by atoms with van der Waals surface area (Å²) in [6, 6.07) is 6.56. The van der Waals surface area contributed by atoms with E-state index in [-0.39, 0.29) is 0 Å². The molecule has 1 aromatic carbocycles. The summed E-state index contributed by atoms with van der Waals surface area (Å²) in [5, 5.41) is 0. The van der Waals surface area contributed by atoms with Crippen molar-refractivity contribution in [3.63, 3.8) is 0 Å². The van der Waals surface area contributed by atoms with Crippen molar-refractivity contribution in [3.8, 4) is 11.3 Å². The van der Waals surface area contributed by atoms with Crippen molar-refractivity contribution in [2.75, 3.05) is 5.73 Å². The lowest BCUT2D eigenvalue weighted by Crippen LogP contribution is -2.07. The molecule has 2 rings (SSSR count). The van der Waals surface area contributed by atoms with E-state index in [1.165, 1.54) is 0 Å². The molecule has 0 unspecified atom stereocenters. The fourth-order valence-electron chi connectivity index (χ4n) is 1.32. The van der Waals surface area contributed by atoms with Gasteiger partial charge in [-0.15, -0.1) is 0 Å². The summed E-state index contributed by atoms with van der Waals surface area (Å²) in [5.74, 6) is -1.01. The Morgan fingerprint density at radius 2 is 2.00 bits per heavy atom. The first-order valence-electron chi connectivity index (χ1n) is 4.45. The zero-order valence-electron chi connectivity index (χ0n) is 8.05. The Hall–Kier alpha value is -1.98. The number of hydrogen-bond acceptors (Lipinski definition) is 2. The van der Waals surface area contributed by atoms with Crippen molar-refractivity contribution in [2.24, 2.45) is 0 Å². The van der Waals surface area contributed by atoms with Crippen LogP contribution in [-0.4, -0.2) is 9.97 Å². The Kier molecular flexibility index (Phi) is 2.34. The van der Waals surface area contributed by atoms with Crippen LogP contribution in [0.25, 0.3) is 11.3 Å². The maximum atomic E-state index is 12.3.